The molecule has 4 nitrogen and oxygen atoms in total. The quantitative estimate of drug-likeness (QED) is 0.863. The summed E-state index contributed by atoms with van der Waals surface area (Å²) >= 11 is 0. The van der Waals surface area contributed by atoms with Gasteiger partial charge in [-0.25, -0.2) is 4.79 Å². The number of likely N-dealkylation sites (tertiary alicyclic amines) is 1. The van der Waals surface area contributed by atoms with Gasteiger partial charge in [0.05, 0.1) is 0 Å². The first-order valence-electron chi connectivity index (χ1n) is 8.12. The number of rotatable bonds is 1. The highest BCUT2D eigenvalue weighted by molar-refractivity contribution is 5.69. The third-order valence-electron chi connectivity index (χ3n) is 4.12. The number of fused-ring (bicyclic) bond motifs is 2. The summed E-state index contributed by atoms with van der Waals surface area (Å²) < 4.78 is 5.36. The molecule has 3 rings (SSSR count). The largest absolute Gasteiger partial charge is 0.444 e. The molecule has 2 bridgehead atoms. The number of ether oxygens (including phenoxy) is 1. The molecule has 0 radical (unpaired) electrons. The van der Waals surface area contributed by atoms with E-state index in [-0.39, 0.29) is 11.7 Å². The predicted octanol–water partition coefficient (Wildman–Crippen LogP) is 3.55. The average molecular weight is 304 g/mol. The topological polar surface area (TPSA) is 55.6 Å². The minimum Gasteiger partial charge on any atom is -0.444 e. The molecule has 1 aromatic rings. The van der Waals surface area contributed by atoms with Crippen LogP contribution in [0.3, 0.4) is 0 Å². The van der Waals surface area contributed by atoms with Gasteiger partial charge in [-0.1, -0.05) is 30.3 Å². The molecule has 0 spiro atoms. The van der Waals surface area contributed by atoms with E-state index in [1.165, 1.54) is 24.8 Å². The summed E-state index contributed by atoms with van der Waals surface area (Å²) in [5, 5.41) is 0. The minimum atomic E-state index is -0.362. The summed E-state index contributed by atoms with van der Waals surface area (Å²) in [5.74, 6) is 0.743. The van der Waals surface area contributed by atoms with E-state index in [1.54, 1.807) is 0 Å². The van der Waals surface area contributed by atoms with Crippen LogP contribution in [0, 0.1) is 5.92 Å². The van der Waals surface area contributed by atoms with Crippen molar-refractivity contribution in [1.29, 1.82) is 0 Å². The second-order valence-corrected chi connectivity index (χ2v) is 7.16. The van der Waals surface area contributed by atoms with Gasteiger partial charge in [-0.15, -0.1) is 0 Å². The van der Waals surface area contributed by atoms with E-state index in [0.29, 0.717) is 12.6 Å². The zero-order valence-electron chi connectivity index (χ0n) is 13.9. The van der Waals surface area contributed by atoms with Crippen LogP contribution in [0.25, 0.3) is 0 Å². The van der Waals surface area contributed by atoms with E-state index in [0.717, 1.165) is 12.5 Å². The number of carbonyl (C=O) groups is 1. The van der Waals surface area contributed by atoms with Crippen molar-refractivity contribution in [2.75, 3.05) is 6.54 Å². The van der Waals surface area contributed by atoms with Crippen molar-refractivity contribution in [2.24, 2.45) is 11.7 Å². The molecule has 1 aromatic carbocycles. The van der Waals surface area contributed by atoms with Crippen LogP contribution in [0.1, 0.15) is 45.6 Å². The molecule has 4 heteroatoms. The van der Waals surface area contributed by atoms with Crippen molar-refractivity contribution < 1.29 is 9.53 Å². The Bertz CT molecular complexity index is 482. The summed E-state index contributed by atoms with van der Waals surface area (Å²) in [6, 6.07) is 10.5. The lowest BCUT2D eigenvalue weighted by Crippen LogP contribution is -2.41. The highest BCUT2D eigenvalue weighted by Crippen LogP contribution is 2.37. The van der Waals surface area contributed by atoms with Crippen LogP contribution in [-0.2, 0) is 11.3 Å². The summed E-state index contributed by atoms with van der Waals surface area (Å²) in [6.07, 6.45) is 3.54. The Hall–Kier alpha value is -1.55. The maximum absolute atomic E-state index is 11.8. The zero-order chi connectivity index (χ0) is 16.2. The van der Waals surface area contributed by atoms with E-state index >= 15 is 0 Å². The van der Waals surface area contributed by atoms with Crippen LogP contribution in [0.2, 0.25) is 0 Å². The van der Waals surface area contributed by atoms with Crippen molar-refractivity contribution in [1.82, 2.24) is 4.90 Å². The SMILES string of the molecule is CC(C)(C)OC(=O)N1C[C@@H]2CC[C@H]1C2.NCc1ccccc1. The van der Waals surface area contributed by atoms with Crippen LogP contribution in [0.15, 0.2) is 30.3 Å². The molecule has 2 atom stereocenters. The predicted molar refractivity (Wildman–Crippen MR) is 88.4 cm³/mol. The number of nitrogens with zero attached hydrogens (tertiary/aromatic N) is 1. The van der Waals surface area contributed by atoms with E-state index in [1.807, 2.05) is 56.0 Å². The number of hydrogen-bond donors (Lipinski definition) is 1. The third kappa shape index (κ3) is 4.73. The second-order valence-electron chi connectivity index (χ2n) is 7.16. The van der Waals surface area contributed by atoms with Gasteiger partial charge in [0.25, 0.3) is 0 Å². The molecule has 1 saturated carbocycles. The fraction of sp³-hybridized carbons (Fsp3) is 0.611. The maximum Gasteiger partial charge on any atom is 0.410 e. The van der Waals surface area contributed by atoms with Crippen LogP contribution in [0.4, 0.5) is 4.79 Å². The van der Waals surface area contributed by atoms with Crippen molar-refractivity contribution in [3.05, 3.63) is 35.9 Å². The van der Waals surface area contributed by atoms with Gasteiger partial charge in [0.2, 0.25) is 0 Å². The smallest absolute Gasteiger partial charge is 0.410 e. The number of benzene rings is 1. The van der Waals surface area contributed by atoms with Gasteiger partial charge in [-0.3, -0.25) is 0 Å². The average Bonchev–Trinajstić information content (AvgIpc) is 3.10. The highest BCUT2D eigenvalue weighted by Gasteiger charge is 2.41. The monoisotopic (exact) mass is 304 g/mol. The summed E-state index contributed by atoms with van der Waals surface area (Å²) in [5.41, 5.74) is 6.18. The van der Waals surface area contributed by atoms with E-state index in [9.17, 15) is 4.79 Å². The molecule has 1 amide bonds. The molecule has 1 saturated heterocycles. The summed E-state index contributed by atoms with van der Waals surface area (Å²) in [4.78, 5) is 13.7. The van der Waals surface area contributed by atoms with Crippen molar-refractivity contribution in [2.45, 2.75) is 58.2 Å². The van der Waals surface area contributed by atoms with Gasteiger partial charge in [0.15, 0.2) is 0 Å². The third-order valence-corrected chi connectivity index (χ3v) is 4.12. The molecule has 2 aliphatic rings. The summed E-state index contributed by atoms with van der Waals surface area (Å²) in [7, 11) is 0. The zero-order valence-corrected chi connectivity index (χ0v) is 13.9. The van der Waals surface area contributed by atoms with Gasteiger partial charge in [-0.05, 0) is 51.5 Å². The molecule has 2 fully saturated rings. The molecule has 2 N–H and O–H groups in total. The molecule has 1 aliphatic carbocycles. The molecule has 1 heterocycles. The van der Waals surface area contributed by atoms with Gasteiger partial charge >= 0.3 is 6.09 Å². The first-order valence-corrected chi connectivity index (χ1v) is 8.12. The van der Waals surface area contributed by atoms with Crippen molar-refractivity contribution >= 4 is 6.09 Å². The second kappa shape index (κ2) is 7.14. The Morgan fingerprint density at radius 2 is 1.95 bits per heavy atom. The van der Waals surface area contributed by atoms with Crippen LogP contribution >= 0.6 is 0 Å². The van der Waals surface area contributed by atoms with Crippen LogP contribution in [0.5, 0.6) is 0 Å². The fourth-order valence-corrected chi connectivity index (χ4v) is 3.08. The minimum absolute atomic E-state index is 0.121. The number of carbonyl (C=O) groups excluding carboxylic acids is 1. The van der Waals surface area contributed by atoms with Gasteiger partial charge in [-0.2, -0.15) is 0 Å². The normalized spacial score (nSPS) is 23.0. The van der Waals surface area contributed by atoms with Gasteiger partial charge in [0.1, 0.15) is 5.60 Å². The first kappa shape index (κ1) is 16.8. The van der Waals surface area contributed by atoms with E-state index in [2.05, 4.69) is 0 Å². The Morgan fingerprint density at radius 1 is 1.27 bits per heavy atom. The fourth-order valence-electron chi connectivity index (χ4n) is 3.08. The van der Waals surface area contributed by atoms with Crippen molar-refractivity contribution in [3.63, 3.8) is 0 Å². The van der Waals surface area contributed by atoms with Gasteiger partial charge in [0, 0.05) is 19.1 Å². The Morgan fingerprint density at radius 3 is 2.36 bits per heavy atom. The molecular weight excluding hydrogens is 276 g/mol. The highest BCUT2D eigenvalue weighted by atomic mass is 16.6. The Kier molecular flexibility index (Phi) is 5.46. The van der Waals surface area contributed by atoms with E-state index < -0.39 is 0 Å². The number of amides is 1. The van der Waals surface area contributed by atoms with Gasteiger partial charge < -0.3 is 15.4 Å². The Balaban J connectivity index is 0.000000188. The standard InChI is InChI=1S/C11H19NO2.C7H9N/c1-11(2,3)14-10(13)12-7-8-4-5-9(12)6-8;8-6-7-4-2-1-3-5-7/h8-9H,4-7H2,1-3H3;1-5H,6,8H2/t8-,9+;/m1./s1. The van der Waals surface area contributed by atoms with Crippen LogP contribution < -0.4 is 5.73 Å². The first-order chi connectivity index (χ1) is 10.4. The molecular formula is C18H28N2O2. The van der Waals surface area contributed by atoms with E-state index in [4.69, 9.17) is 10.5 Å². The van der Waals surface area contributed by atoms with Crippen molar-refractivity contribution in [3.8, 4) is 0 Å². The molecule has 22 heavy (non-hydrogen) atoms. The number of piperidine rings is 1. The molecule has 0 aromatic heterocycles. The van der Waals surface area contributed by atoms with Crippen LogP contribution in [-0.4, -0.2) is 29.2 Å². The lowest BCUT2D eigenvalue weighted by Gasteiger charge is -2.30. The lowest BCUT2D eigenvalue weighted by molar-refractivity contribution is 0.0191. The Labute approximate surface area is 133 Å². The summed E-state index contributed by atoms with van der Waals surface area (Å²) in [6.45, 7) is 7.30. The number of hydrogen-bond acceptors (Lipinski definition) is 3. The maximum atomic E-state index is 11.8. The lowest BCUT2D eigenvalue weighted by atomic mass is 10.1. The molecule has 0 unspecified atom stereocenters. The number of nitrogens with two attached hydrogens (primary N) is 1. The molecule has 122 valence electrons. The molecule has 1 aliphatic heterocycles.